The smallest absolute Gasteiger partial charge is 0.305 e. The quantitative estimate of drug-likeness (QED) is 0.257. The number of ether oxygens (including phenoxy) is 2. The van der Waals surface area contributed by atoms with Crippen LogP contribution in [0, 0.1) is 11.7 Å². The van der Waals surface area contributed by atoms with Crippen LogP contribution in [0.1, 0.15) is 21.9 Å². The van der Waals surface area contributed by atoms with Crippen molar-refractivity contribution in [2.45, 2.75) is 22.8 Å². The number of thioether (sulfide) groups is 1. The number of amides is 2. The summed E-state index contributed by atoms with van der Waals surface area (Å²) in [6.07, 6.45) is 0. The van der Waals surface area contributed by atoms with E-state index >= 15 is 0 Å². The number of benzene rings is 3. The molecule has 40 heavy (non-hydrogen) atoms. The van der Waals surface area contributed by atoms with Crippen molar-refractivity contribution >= 4 is 63.8 Å². The number of H-pyrrole nitrogens is 1. The summed E-state index contributed by atoms with van der Waals surface area (Å²) in [5.41, 5.74) is 1.72. The van der Waals surface area contributed by atoms with Crippen LogP contribution in [0.2, 0.25) is 10.0 Å². The van der Waals surface area contributed by atoms with Crippen LogP contribution in [0.25, 0.3) is 0 Å². The Labute approximate surface area is 245 Å². The zero-order valence-corrected chi connectivity index (χ0v) is 23.8. The molecule has 2 unspecified atom stereocenters. The molecule has 0 aliphatic carbocycles. The SMILES string of the molecule is COc1cc([C@H]2c3sc(=O)[nH]c3SC3C(=O)N(c4ccc(F)cc4)C(=O)C32)ccc1OCc1ccc(Cl)cc1Cl. The van der Waals surface area contributed by atoms with Gasteiger partial charge in [-0.1, -0.05) is 58.4 Å². The molecular weight excluding hydrogens is 598 g/mol. The topological polar surface area (TPSA) is 88.7 Å². The summed E-state index contributed by atoms with van der Waals surface area (Å²) in [6.45, 7) is 0.166. The molecule has 1 saturated heterocycles. The first-order valence-electron chi connectivity index (χ1n) is 12.0. The number of rotatable bonds is 6. The summed E-state index contributed by atoms with van der Waals surface area (Å²) in [4.78, 5) is 44.0. The fraction of sp³-hybridized carbons (Fsp3) is 0.179. The summed E-state index contributed by atoms with van der Waals surface area (Å²) in [5, 5.41) is 0.775. The zero-order valence-electron chi connectivity index (χ0n) is 20.7. The molecule has 12 heteroatoms. The molecule has 4 aromatic rings. The van der Waals surface area contributed by atoms with Gasteiger partial charge in [-0.3, -0.25) is 14.4 Å². The van der Waals surface area contributed by atoms with Gasteiger partial charge in [0.25, 0.3) is 0 Å². The Morgan fingerprint density at radius 2 is 1.75 bits per heavy atom. The van der Waals surface area contributed by atoms with Crippen LogP contribution in [0.3, 0.4) is 0 Å². The maximum absolute atomic E-state index is 13.8. The molecule has 7 nitrogen and oxygen atoms in total. The molecule has 204 valence electrons. The van der Waals surface area contributed by atoms with E-state index < -0.39 is 34.7 Å². The Morgan fingerprint density at radius 1 is 0.975 bits per heavy atom. The van der Waals surface area contributed by atoms with E-state index in [1.54, 1.807) is 36.4 Å². The van der Waals surface area contributed by atoms with E-state index in [2.05, 4.69) is 4.98 Å². The van der Waals surface area contributed by atoms with Gasteiger partial charge in [0.1, 0.15) is 17.7 Å². The molecule has 3 atom stereocenters. The molecule has 0 saturated carbocycles. The van der Waals surface area contributed by atoms with E-state index in [-0.39, 0.29) is 11.5 Å². The molecule has 1 fully saturated rings. The van der Waals surface area contributed by atoms with E-state index in [9.17, 15) is 18.8 Å². The zero-order chi connectivity index (χ0) is 28.1. The van der Waals surface area contributed by atoms with E-state index in [0.717, 1.165) is 21.8 Å². The van der Waals surface area contributed by atoms with Crippen molar-refractivity contribution in [3.05, 3.63) is 102 Å². The number of carbonyl (C=O) groups excluding carboxylic acids is 2. The van der Waals surface area contributed by atoms with Gasteiger partial charge >= 0.3 is 4.87 Å². The number of anilines is 1. The van der Waals surface area contributed by atoms with Gasteiger partial charge in [-0.25, -0.2) is 9.29 Å². The van der Waals surface area contributed by atoms with Crippen LogP contribution >= 0.6 is 46.3 Å². The Morgan fingerprint density at radius 3 is 2.48 bits per heavy atom. The average Bonchev–Trinajstić information content (AvgIpc) is 3.43. The second-order valence-corrected chi connectivity index (χ2v) is 12.2. The van der Waals surface area contributed by atoms with Crippen LogP contribution in [0.5, 0.6) is 11.5 Å². The van der Waals surface area contributed by atoms with Crippen LogP contribution in [0.15, 0.2) is 70.5 Å². The molecular formula is C28H19Cl2FN2O5S2. The number of nitrogens with zero attached hydrogens (tertiary/aromatic N) is 1. The Kier molecular flexibility index (Phi) is 7.12. The number of aromatic amines is 1. The molecule has 6 rings (SSSR count). The average molecular weight is 618 g/mol. The predicted molar refractivity (Wildman–Crippen MR) is 153 cm³/mol. The third-order valence-corrected chi connectivity index (χ3v) is 9.84. The summed E-state index contributed by atoms with van der Waals surface area (Å²) in [7, 11) is 1.50. The van der Waals surface area contributed by atoms with Crippen molar-refractivity contribution < 1.29 is 23.5 Å². The Hall–Kier alpha value is -3.31. The highest BCUT2D eigenvalue weighted by molar-refractivity contribution is 8.00. The van der Waals surface area contributed by atoms with Gasteiger partial charge in [-0.15, -0.1) is 0 Å². The molecule has 2 aliphatic heterocycles. The van der Waals surface area contributed by atoms with Crippen molar-refractivity contribution in [1.29, 1.82) is 0 Å². The first kappa shape index (κ1) is 26.9. The molecule has 0 radical (unpaired) electrons. The third kappa shape index (κ3) is 4.68. The summed E-state index contributed by atoms with van der Waals surface area (Å²) < 4.78 is 25.2. The summed E-state index contributed by atoms with van der Waals surface area (Å²) >= 11 is 14.5. The maximum atomic E-state index is 13.8. The number of nitrogens with one attached hydrogen (secondary N) is 1. The second-order valence-electron chi connectivity index (χ2n) is 9.17. The van der Waals surface area contributed by atoms with Gasteiger partial charge in [0.2, 0.25) is 11.8 Å². The number of halogens is 3. The van der Waals surface area contributed by atoms with Crippen LogP contribution < -0.4 is 19.2 Å². The lowest BCUT2D eigenvalue weighted by Crippen LogP contribution is -2.32. The van der Waals surface area contributed by atoms with E-state index in [1.807, 2.05) is 0 Å². The van der Waals surface area contributed by atoms with E-state index in [1.165, 1.54) is 43.1 Å². The fourth-order valence-electron chi connectivity index (χ4n) is 5.01. The molecule has 2 aliphatic rings. The standard InChI is InChI=1S/C28H19Cl2FN2O5S2/c1-37-20-10-13(3-9-19(20)38-12-14-2-4-15(29)11-18(14)30)21-22-24(39-25-23(21)40-28(36)32-25)27(35)33(26(22)34)17-7-5-16(31)6-8-17/h2-11,21-22,24H,12H2,1H3,(H,32,36)/t21-,22?,24?/m1/s1. The van der Waals surface area contributed by atoms with Gasteiger partial charge in [0.15, 0.2) is 11.5 Å². The normalized spacial score (nSPS) is 19.9. The maximum Gasteiger partial charge on any atom is 0.305 e. The van der Waals surface area contributed by atoms with Gasteiger partial charge < -0.3 is 14.5 Å². The van der Waals surface area contributed by atoms with E-state index in [4.69, 9.17) is 32.7 Å². The molecule has 3 aromatic carbocycles. The van der Waals surface area contributed by atoms with Crippen molar-refractivity contribution in [3.8, 4) is 11.5 Å². The highest BCUT2D eigenvalue weighted by atomic mass is 35.5. The van der Waals surface area contributed by atoms with Gasteiger partial charge in [-0.2, -0.15) is 0 Å². The molecule has 0 bridgehead atoms. The van der Waals surface area contributed by atoms with Crippen LogP contribution in [-0.2, 0) is 16.2 Å². The molecule has 1 aromatic heterocycles. The lowest BCUT2D eigenvalue weighted by molar-refractivity contribution is -0.122. The van der Waals surface area contributed by atoms with Crippen molar-refractivity contribution in [1.82, 2.24) is 4.98 Å². The number of hydrogen-bond donors (Lipinski definition) is 1. The largest absolute Gasteiger partial charge is 0.493 e. The minimum Gasteiger partial charge on any atom is -0.493 e. The fourth-order valence-corrected chi connectivity index (χ4v) is 7.99. The number of carbonyl (C=O) groups is 2. The van der Waals surface area contributed by atoms with E-state index in [0.29, 0.717) is 42.7 Å². The minimum atomic E-state index is -0.786. The number of thiazole rings is 1. The van der Waals surface area contributed by atoms with Crippen molar-refractivity contribution in [2.75, 3.05) is 12.0 Å². The number of aromatic nitrogens is 1. The number of hydrogen-bond acceptors (Lipinski definition) is 7. The molecule has 3 heterocycles. The van der Waals surface area contributed by atoms with Crippen molar-refractivity contribution in [2.24, 2.45) is 5.92 Å². The molecule has 1 N–H and O–H groups in total. The molecule has 2 amide bonds. The lowest BCUT2D eigenvalue weighted by Gasteiger charge is -2.30. The second kappa shape index (κ2) is 10.6. The minimum absolute atomic E-state index is 0.166. The van der Waals surface area contributed by atoms with Crippen molar-refractivity contribution in [3.63, 3.8) is 0 Å². The first-order valence-corrected chi connectivity index (χ1v) is 14.5. The van der Waals surface area contributed by atoms with Crippen LogP contribution in [0.4, 0.5) is 10.1 Å². The number of fused-ring (bicyclic) bond motifs is 2. The number of imide groups is 1. The highest BCUT2D eigenvalue weighted by Gasteiger charge is 2.56. The van der Waals surface area contributed by atoms with Gasteiger partial charge in [0.05, 0.1) is 23.7 Å². The van der Waals surface area contributed by atoms with Gasteiger partial charge in [-0.05, 0) is 54.1 Å². The predicted octanol–water partition coefficient (Wildman–Crippen LogP) is 6.27. The van der Waals surface area contributed by atoms with Crippen LogP contribution in [-0.4, -0.2) is 29.2 Å². The highest BCUT2D eigenvalue weighted by Crippen LogP contribution is 2.53. The first-order chi connectivity index (χ1) is 19.2. The monoisotopic (exact) mass is 616 g/mol. The lowest BCUT2D eigenvalue weighted by atomic mass is 9.83. The molecule has 0 spiro atoms. The Balaban J connectivity index is 1.37. The summed E-state index contributed by atoms with van der Waals surface area (Å²) in [6, 6.07) is 15.6. The third-order valence-electron chi connectivity index (χ3n) is 6.85. The van der Waals surface area contributed by atoms with Gasteiger partial charge in [0, 0.05) is 26.4 Å². The Bertz CT molecular complexity index is 1710. The summed E-state index contributed by atoms with van der Waals surface area (Å²) in [5.74, 6) is -1.83. The number of methoxy groups -OCH3 is 1.